The van der Waals surface area contributed by atoms with Crippen LogP contribution < -0.4 is 22.3 Å². The Morgan fingerprint density at radius 1 is 1.28 bits per heavy atom. The van der Waals surface area contributed by atoms with Crippen molar-refractivity contribution in [3.05, 3.63) is 27.4 Å². The van der Waals surface area contributed by atoms with Gasteiger partial charge in [-0.15, -0.1) is 11.3 Å². The van der Waals surface area contributed by atoms with Gasteiger partial charge in [0.25, 0.3) is 0 Å². The third kappa shape index (κ3) is 3.46. The van der Waals surface area contributed by atoms with E-state index in [1.165, 1.54) is 4.88 Å². The third-order valence-electron chi connectivity index (χ3n) is 2.20. The first-order chi connectivity index (χ1) is 8.67. The van der Waals surface area contributed by atoms with Crippen LogP contribution in [0.25, 0.3) is 0 Å². The first kappa shape index (κ1) is 12.9. The Kier molecular flexibility index (Phi) is 4.19. The fourth-order valence-corrected chi connectivity index (χ4v) is 2.52. The minimum Gasteiger partial charge on any atom is -0.369 e. The van der Waals surface area contributed by atoms with Gasteiger partial charge >= 0.3 is 0 Å². The van der Waals surface area contributed by atoms with Gasteiger partial charge in [0.15, 0.2) is 0 Å². The predicted molar refractivity (Wildman–Crippen MR) is 75.8 cm³/mol. The molecule has 6 nitrogen and oxygen atoms in total. The monoisotopic (exact) mass is 284 g/mol. The molecule has 0 fully saturated rings. The molecule has 2 aromatic heterocycles. The van der Waals surface area contributed by atoms with Gasteiger partial charge in [-0.1, -0.05) is 11.6 Å². The number of halogens is 1. The number of hydrogen-bond donors (Lipinski definition) is 4. The third-order valence-corrected chi connectivity index (χ3v) is 3.49. The number of nitrogens with zero attached hydrogens (tertiary/aromatic N) is 2. The summed E-state index contributed by atoms with van der Waals surface area (Å²) in [6, 6.07) is 5.59. The van der Waals surface area contributed by atoms with Crippen LogP contribution in [0.2, 0.25) is 4.34 Å². The van der Waals surface area contributed by atoms with Crippen LogP contribution in [0, 0.1) is 0 Å². The second-order valence-corrected chi connectivity index (χ2v) is 5.32. The summed E-state index contributed by atoms with van der Waals surface area (Å²) >= 11 is 7.42. The molecule has 0 spiro atoms. The maximum absolute atomic E-state index is 5.86. The maximum Gasteiger partial charge on any atom is 0.223 e. The lowest BCUT2D eigenvalue weighted by Crippen LogP contribution is -2.12. The van der Waals surface area contributed by atoms with Crippen molar-refractivity contribution in [1.82, 2.24) is 9.97 Å². The minimum absolute atomic E-state index is 0.173. The van der Waals surface area contributed by atoms with Crippen molar-refractivity contribution >= 4 is 40.5 Å². The summed E-state index contributed by atoms with van der Waals surface area (Å²) in [7, 11) is 0. The van der Waals surface area contributed by atoms with Gasteiger partial charge in [-0.3, -0.25) is 0 Å². The largest absolute Gasteiger partial charge is 0.369 e. The highest BCUT2D eigenvalue weighted by Crippen LogP contribution is 2.21. The number of rotatable bonds is 5. The minimum atomic E-state index is 0.173. The number of anilines is 3. The zero-order chi connectivity index (χ0) is 13.0. The molecule has 18 heavy (non-hydrogen) atoms. The molecule has 0 bridgehead atoms. The Bertz CT molecular complexity index is 529. The molecule has 2 rings (SSSR count). The van der Waals surface area contributed by atoms with Crippen molar-refractivity contribution in [2.24, 2.45) is 5.84 Å². The van der Waals surface area contributed by atoms with E-state index in [0.29, 0.717) is 11.6 Å². The van der Waals surface area contributed by atoms with Gasteiger partial charge in [0, 0.05) is 17.5 Å². The molecule has 0 radical (unpaired) electrons. The van der Waals surface area contributed by atoms with Gasteiger partial charge in [0.1, 0.15) is 11.6 Å². The van der Waals surface area contributed by atoms with E-state index < -0.39 is 0 Å². The van der Waals surface area contributed by atoms with Crippen LogP contribution in [0.5, 0.6) is 0 Å². The molecule has 0 aliphatic rings. The quantitative estimate of drug-likeness (QED) is 0.492. The Morgan fingerprint density at radius 3 is 2.72 bits per heavy atom. The summed E-state index contributed by atoms with van der Waals surface area (Å²) in [5.74, 6) is 6.56. The molecule has 0 amide bonds. The molecule has 0 saturated carbocycles. The molecule has 8 heteroatoms. The summed E-state index contributed by atoms with van der Waals surface area (Å²) in [5.41, 5.74) is 7.98. The van der Waals surface area contributed by atoms with Crippen molar-refractivity contribution in [2.45, 2.75) is 6.42 Å². The van der Waals surface area contributed by atoms with Gasteiger partial charge in [-0.2, -0.15) is 9.97 Å². The number of hydrazine groups is 1. The highest BCUT2D eigenvalue weighted by molar-refractivity contribution is 7.16. The molecule has 96 valence electrons. The topological polar surface area (TPSA) is 102 Å². The summed E-state index contributed by atoms with van der Waals surface area (Å²) in [6.45, 7) is 0.733. The zero-order valence-corrected chi connectivity index (χ0v) is 11.1. The highest BCUT2D eigenvalue weighted by Gasteiger charge is 2.02. The molecule has 2 aromatic rings. The van der Waals surface area contributed by atoms with E-state index >= 15 is 0 Å². The van der Waals surface area contributed by atoms with Gasteiger partial charge in [-0.05, 0) is 18.6 Å². The zero-order valence-electron chi connectivity index (χ0n) is 9.48. The van der Waals surface area contributed by atoms with E-state index in [2.05, 4.69) is 20.7 Å². The number of nitrogens with one attached hydrogen (secondary N) is 2. The van der Waals surface area contributed by atoms with E-state index in [1.54, 1.807) is 17.4 Å². The van der Waals surface area contributed by atoms with Gasteiger partial charge in [0.2, 0.25) is 5.95 Å². The van der Waals surface area contributed by atoms with Crippen LogP contribution in [-0.4, -0.2) is 16.5 Å². The Hall–Kier alpha value is -1.57. The highest BCUT2D eigenvalue weighted by atomic mass is 35.5. The summed E-state index contributed by atoms with van der Waals surface area (Å²) in [6.07, 6.45) is 0.868. The van der Waals surface area contributed by atoms with Crippen LogP contribution in [0.15, 0.2) is 18.2 Å². The molecular formula is C10H13ClN6S. The Balaban J connectivity index is 1.91. The van der Waals surface area contributed by atoms with Gasteiger partial charge < -0.3 is 16.5 Å². The molecule has 0 aliphatic carbocycles. The molecule has 0 aromatic carbocycles. The number of nitrogens with two attached hydrogens (primary N) is 2. The van der Waals surface area contributed by atoms with Crippen molar-refractivity contribution in [3.8, 4) is 0 Å². The first-order valence-electron chi connectivity index (χ1n) is 5.26. The first-order valence-corrected chi connectivity index (χ1v) is 6.46. The van der Waals surface area contributed by atoms with Crippen LogP contribution in [-0.2, 0) is 6.42 Å². The van der Waals surface area contributed by atoms with Crippen LogP contribution in [0.3, 0.4) is 0 Å². The number of aromatic nitrogens is 2. The number of hydrogen-bond acceptors (Lipinski definition) is 7. The number of thiophene rings is 1. The fraction of sp³-hybridized carbons (Fsp3) is 0.200. The maximum atomic E-state index is 5.86. The average Bonchev–Trinajstić information content (AvgIpc) is 2.74. The molecule has 0 unspecified atom stereocenters. The lowest BCUT2D eigenvalue weighted by Gasteiger charge is -2.07. The SMILES string of the molecule is NNc1cc(NCCc2ccc(Cl)s2)nc(N)n1. The molecule has 0 aliphatic heterocycles. The normalized spacial score (nSPS) is 10.3. The standard InChI is InChI=1S/C10H13ClN6S/c11-7-2-1-6(18-7)3-4-14-8-5-9(17-13)16-10(12)15-8/h1-2,5H,3-4,13H2,(H4,12,14,15,16,17). The smallest absolute Gasteiger partial charge is 0.223 e. The lowest BCUT2D eigenvalue weighted by molar-refractivity contribution is 1.02. The number of nitrogen functional groups attached to an aromatic ring is 2. The molecule has 6 N–H and O–H groups in total. The summed E-state index contributed by atoms with van der Waals surface area (Å²) < 4.78 is 0.797. The van der Waals surface area contributed by atoms with E-state index in [-0.39, 0.29) is 5.95 Å². The summed E-state index contributed by atoms with van der Waals surface area (Å²) in [4.78, 5) is 9.17. The van der Waals surface area contributed by atoms with Crippen molar-refractivity contribution in [2.75, 3.05) is 23.0 Å². The van der Waals surface area contributed by atoms with E-state index in [9.17, 15) is 0 Å². The van der Waals surface area contributed by atoms with Crippen molar-refractivity contribution in [3.63, 3.8) is 0 Å². The average molecular weight is 285 g/mol. The fourth-order valence-electron chi connectivity index (χ4n) is 1.43. The van der Waals surface area contributed by atoms with Crippen LogP contribution in [0.1, 0.15) is 4.88 Å². The lowest BCUT2D eigenvalue weighted by atomic mass is 10.3. The molecular weight excluding hydrogens is 272 g/mol. The second kappa shape index (κ2) is 5.85. The Morgan fingerprint density at radius 2 is 2.06 bits per heavy atom. The molecule has 0 saturated heterocycles. The van der Waals surface area contributed by atoms with Crippen molar-refractivity contribution in [1.29, 1.82) is 0 Å². The predicted octanol–water partition coefficient (Wildman–Crippen LogP) is 1.71. The van der Waals surface area contributed by atoms with E-state index in [1.807, 2.05) is 12.1 Å². The van der Waals surface area contributed by atoms with Gasteiger partial charge in [-0.25, -0.2) is 5.84 Å². The van der Waals surface area contributed by atoms with Crippen LogP contribution >= 0.6 is 22.9 Å². The molecule has 2 heterocycles. The van der Waals surface area contributed by atoms with Gasteiger partial charge in [0.05, 0.1) is 4.34 Å². The van der Waals surface area contributed by atoms with Crippen LogP contribution in [0.4, 0.5) is 17.6 Å². The second-order valence-electron chi connectivity index (χ2n) is 3.52. The summed E-state index contributed by atoms with van der Waals surface area (Å²) in [5, 5.41) is 3.15. The Labute approximate surface area is 113 Å². The van der Waals surface area contributed by atoms with E-state index in [4.69, 9.17) is 23.2 Å². The molecule has 0 atom stereocenters. The van der Waals surface area contributed by atoms with E-state index in [0.717, 1.165) is 17.3 Å². The van der Waals surface area contributed by atoms with Crippen molar-refractivity contribution < 1.29 is 0 Å².